The molecule has 0 bridgehead atoms. The Morgan fingerprint density at radius 2 is 1.86 bits per heavy atom. The van der Waals surface area contributed by atoms with Crippen molar-refractivity contribution in [3.8, 4) is 0 Å². The van der Waals surface area contributed by atoms with Crippen LogP contribution in [0, 0.1) is 11.6 Å². The van der Waals surface area contributed by atoms with E-state index in [0.717, 1.165) is 38.1 Å². The van der Waals surface area contributed by atoms with Crippen LogP contribution in [0.5, 0.6) is 0 Å². The van der Waals surface area contributed by atoms with Gasteiger partial charge in [0.05, 0.1) is 5.56 Å². The molecular weight excluding hydrogens is 278 g/mol. The Balaban J connectivity index is 1.85. The van der Waals surface area contributed by atoms with Crippen LogP contribution in [0.25, 0.3) is 0 Å². The first-order chi connectivity index (χ1) is 10.1. The van der Waals surface area contributed by atoms with Crippen molar-refractivity contribution >= 4 is 11.7 Å². The van der Waals surface area contributed by atoms with Crippen LogP contribution in [0.15, 0.2) is 12.1 Å². The van der Waals surface area contributed by atoms with E-state index in [9.17, 15) is 13.6 Å². The fraction of sp³-hybridized carbons (Fsp3) is 0.533. The zero-order valence-corrected chi connectivity index (χ0v) is 11.7. The number of carboxylic acid groups (broad SMARTS) is 1. The van der Waals surface area contributed by atoms with Gasteiger partial charge >= 0.3 is 5.97 Å². The van der Waals surface area contributed by atoms with E-state index in [1.807, 2.05) is 0 Å². The molecule has 0 aliphatic carbocycles. The molecule has 0 amide bonds. The number of anilines is 1. The van der Waals surface area contributed by atoms with Crippen LogP contribution in [-0.4, -0.2) is 48.2 Å². The lowest BCUT2D eigenvalue weighted by Crippen LogP contribution is -2.55. The molecule has 1 unspecified atom stereocenters. The lowest BCUT2D eigenvalue weighted by molar-refractivity contribution is 0.0695. The standard InChI is InChI=1S/C15H18F2N2O2/c16-12-7-10(15(20)21)8-13(17)14(12)19-6-5-18-4-2-1-3-11(18)9-19/h7-8,11H,1-6,9H2,(H,20,21). The number of hydrogen-bond acceptors (Lipinski definition) is 3. The van der Waals surface area contributed by atoms with Crippen LogP contribution in [0.2, 0.25) is 0 Å². The molecule has 1 atom stereocenters. The molecule has 0 radical (unpaired) electrons. The summed E-state index contributed by atoms with van der Waals surface area (Å²) in [5, 5.41) is 8.84. The molecule has 2 heterocycles. The molecule has 2 saturated heterocycles. The zero-order valence-electron chi connectivity index (χ0n) is 11.7. The summed E-state index contributed by atoms with van der Waals surface area (Å²) in [4.78, 5) is 14.9. The first-order valence-electron chi connectivity index (χ1n) is 7.27. The van der Waals surface area contributed by atoms with Crippen molar-refractivity contribution in [1.82, 2.24) is 4.90 Å². The third-order valence-corrected chi connectivity index (χ3v) is 4.42. The molecule has 2 aliphatic heterocycles. The third-order valence-electron chi connectivity index (χ3n) is 4.42. The Morgan fingerprint density at radius 1 is 1.14 bits per heavy atom. The molecule has 21 heavy (non-hydrogen) atoms. The third kappa shape index (κ3) is 2.72. The van der Waals surface area contributed by atoms with E-state index in [4.69, 9.17) is 5.11 Å². The van der Waals surface area contributed by atoms with Crippen molar-refractivity contribution in [3.63, 3.8) is 0 Å². The Morgan fingerprint density at radius 3 is 2.52 bits per heavy atom. The highest BCUT2D eigenvalue weighted by Crippen LogP contribution is 2.29. The molecule has 0 spiro atoms. The first kappa shape index (κ1) is 14.3. The fourth-order valence-corrected chi connectivity index (χ4v) is 3.35. The van der Waals surface area contributed by atoms with Gasteiger partial charge in [-0.15, -0.1) is 0 Å². The van der Waals surface area contributed by atoms with Gasteiger partial charge in [0.1, 0.15) is 17.3 Å². The van der Waals surface area contributed by atoms with Crippen LogP contribution < -0.4 is 4.90 Å². The normalized spacial score (nSPS) is 23.0. The first-order valence-corrected chi connectivity index (χ1v) is 7.27. The maximum absolute atomic E-state index is 14.1. The molecule has 2 aliphatic rings. The second-order valence-electron chi connectivity index (χ2n) is 5.73. The smallest absolute Gasteiger partial charge is 0.335 e. The second kappa shape index (κ2) is 5.60. The summed E-state index contributed by atoms with van der Waals surface area (Å²) in [6.07, 6.45) is 3.39. The summed E-state index contributed by atoms with van der Waals surface area (Å²) < 4.78 is 28.2. The minimum absolute atomic E-state index is 0.0924. The molecule has 1 aromatic rings. The van der Waals surface area contributed by atoms with Crippen LogP contribution in [-0.2, 0) is 0 Å². The molecule has 2 fully saturated rings. The number of carbonyl (C=O) groups is 1. The number of nitrogens with zero attached hydrogens (tertiary/aromatic N) is 2. The van der Waals surface area contributed by atoms with Gasteiger partial charge in [-0.1, -0.05) is 6.42 Å². The van der Waals surface area contributed by atoms with Crippen LogP contribution in [0.3, 0.4) is 0 Å². The quantitative estimate of drug-likeness (QED) is 0.910. The van der Waals surface area contributed by atoms with Crippen molar-refractivity contribution in [2.45, 2.75) is 25.3 Å². The Kier molecular flexibility index (Phi) is 3.80. The van der Waals surface area contributed by atoms with E-state index in [2.05, 4.69) is 4.90 Å². The van der Waals surface area contributed by atoms with Gasteiger partial charge in [-0.05, 0) is 31.5 Å². The summed E-state index contributed by atoms with van der Waals surface area (Å²) in [5.41, 5.74) is -0.449. The molecular formula is C15H18F2N2O2. The van der Waals surface area contributed by atoms with Crippen LogP contribution in [0.4, 0.5) is 14.5 Å². The summed E-state index contributed by atoms with van der Waals surface area (Å²) in [5.74, 6) is -2.91. The number of aromatic carboxylic acids is 1. The Labute approximate surface area is 122 Å². The number of benzene rings is 1. The summed E-state index contributed by atoms with van der Waals surface area (Å²) in [7, 11) is 0. The summed E-state index contributed by atoms with van der Waals surface area (Å²) in [6, 6.07) is 2.13. The molecule has 0 aromatic heterocycles. The van der Waals surface area contributed by atoms with Crippen molar-refractivity contribution in [2.75, 3.05) is 31.1 Å². The monoisotopic (exact) mass is 296 g/mol. The average Bonchev–Trinajstić information content (AvgIpc) is 2.46. The Bertz CT molecular complexity index is 542. The maximum atomic E-state index is 14.1. The molecule has 4 nitrogen and oxygen atoms in total. The van der Waals surface area contributed by atoms with E-state index in [1.54, 1.807) is 4.90 Å². The van der Waals surface area contributed by atoms with Crippen LogP contribution >= 0.6 is 0 Å². The van der Waals surface area contributed by atoms with Crippen molar-refractivity contribution < 1.29 is 18.7 Å². The second-order valence-corrected chi connectivity index (χ2v) is 5.73. The van der Waals surface area contributed by atoms with Crippen molar-refractivity contribution in [3.05, 3.63) is 29.3 Å². The molecule has 1 N–H and O–H groups in total. The number of hydrogen-bond donors (Lipinski definition) is 1. The van der Waals surface area contributed by atoms with Gasteiger partial charge < -0.3 is 10.0 Å². The fourth-order valence-electron chi connectivity index (χ4n) is 3.35. The summed E-state index contributed by atoms with van der Waals surface area (Å²) in [6.45, 7) is 3.02. The predicted octanol–water partition coefficient (Wildman–Crippen LogP) is 2.34. The SMILES string of the molecule is O=C(O)c1cc(F)c(N2CCN3CCCCC3C2)c(F)c1. The number of piperazine rings is 1. The van der Waals surface area contributed by atoms with E-state index < -0.39 is 17.6 Å². The minimum atomic E-state index is -1.32. The van der Waals surface area contributed by atoms with Gasteiger partial charge in [-0.25, -0.2) is 13.6 Å². The van der Waals surface area contributed by atoms with Gasteiger partial charge in [0.25, 0.3) is 0 Å². The van der Waals surface area contributed by atoms with Crippen molar-refractivity contribution in [1.29, 1.82) is 0 Å². The highest BCUT2D eigenvalue weighted by atomic mass is 19.1. The van der Waals surface area contributed by atoms with Gasteiger partial charge in [-0.3, -0.25) is 4.90 Å². The molecule has 1 aromatic carbocycles. The lowest BCUT2D eigenvalue weighted by atomic mass is 9.99. The largest absolute Gasteiger partial charge is 0.478 e. The topological polar surface area (TPSA) is 43.8 Å². The van der Waals surface area contributed by atoms with Gasteiger partial charge in [0.15, 0.2) is 0 Å². The highest BCUT2D eigenvalue weighted by molar-refractivity contribution is 5.88. The zero-order chi connectivity index (χ0) is 15.0. The molecule has 0 saturated carbocycles. The van der Waals surface area contributed by atoms with Gasteiger partial charge in [-0.2, -0.15) is 0 Å². The predicted molar refractivity (Wildman–Crippen MR) is 74.7 cm³/mol. The average molecular weight is 296 g/mol. The van der Waals surface area contributed by atoms with E-state index in [-0.39, 0.29) is 11.3 Å². The number of halogens is 2. The Hall–Kier alpha value is -1.69. The van der Waals surface area contributed by atoms with Crippen LogP contribution in [0.1, 0.15) is 29.6 Å². The van der Waals surface area contributed by atoms with Gasteiger partial charge in [0, 0.05) is 25.7 Å². The van der Waals surface area contributed by atoms with E-state index in [0.29, 0.717) is 19.1 Å². The van der Waals surface area contributed by atoms with Gasteiger partial charge in [0.2, 0.25) is 0 Å². The number of fused-ring (bicyclic) bond motifs is 1. The van der Waals surface area contributed by atoms with Crippen molar-refractivity contribution in [2.24, 2.45) is 0 Å². The molecule has 3 rings (SSSR count). The van der Waals surface area contributed by atoms with E-state index >= 15 is 0 Å². The minimum Gasteiger partial charge on any atom is -0.478 e. The number of rotatable bonds is 2. The number of carboxylic acids is 1. The maximum Gasteiger partial charge on any atom is 0.335 e. The number of piperidine rings is 1. The molecule has 6 heteroatoms. The summed E-state index contributed by atoms with van der Waals surface area (Å²) >= 11 is 0. The molecule has 114 valence electrons. The lowest BCUT2D eigenvalue weighted by Gasteiger charge is -2.45. The van der Waals surface area contributed by atoms with E-state index in [1.165, 1.54) is 6.42 Å². The highest BCUT2D eigenvalue weighted by Gasteiger charge is 2.31.